The van der Waals surface area contributed by atoms with Gasteiger partial charge in [0.15, 0.2) is 0 Å². The van der Waals surface area contributed by atoms with E-state index in [0.29, 0.717) is 15.5 Å². The Morgan fingerprint density at radius 3 is 2.39 bits per heavy atom. The Hall–Kier alpha value is -1.01. The molecule has 4 nitrogen and oxygen atoms in total. The number of halogens is 2. The van der Waals surface area contributed by atoms with Gasteiger partial charge in [-0.2, -0.15) is 5.10 Å². The van der Waals surface area contributed by atoms with Gasteiger partial charge in [-0.25, -0.2) is 0 Å². The van der Waals surface area contributed by atoms with Crippen LogP contribution in [-0.2, 0) is 6.54 Å². The van der Waals surface area contributed by atoms with E-state index in [1.165, 1.54) is 0 Å². The third-order valence-electron chi connectivity index (χ3n) is 2.67. The van der Waals surface area contributed by atoms with Gasteiger partial charge in [0.1, 0.15) is 5.75 Å². The van der Waals surface area contributed by atoms with Crippen LogP contribution in [0.4, 0.5) is 5.69 Å². The second-order valence-electron chi connectivity index (χ2n) is 4.07. The molecule has 0 fully saturated rings. The highest BCUT2D eigenvalue weighted by Crippen LogP contribution is 2.33. The highest BCUT2D eigenvalue weighted by molar-refractivity contribution is 9.11. The molecule has 1 aromatic carbocycles. The van der Waals surface area contributed by atoms with Gasteiger partial charge in [-0.15, -0.1) is 0 Å². The van der Waals surface area contributed by atoms with Crippen molar-refractivity contribution in [3.63, 3.8) is 0 Å². The summed E-state index contributed by atoms with van der Waals surface area (Å²) in [5, 5.41) is 20.0. The lowest BCUT2D eigenvalue weighted by Crippen LogP contribution is -2.01. The highest BCUT2D eigenvalue weighted by atomic mass is 79.9. The smallest absolute Gasteiger partial charge is 0.143 e. The summed E-state index contributed by atoms with van der Waals surface area (Å²) in [6, 6.07) is 3.77. The maximum absolute atomic E-state index is 9.64. The summed E-state index contributed by atoms with van der Waals surface area (Å²) in [7, 11) is 0. The molecule has 0 aliphatic heterocycles. The molecule has 6 heteroatoms. The van der Waals surface area contributed by atoms with Gasteiger partial charge in [0, 0.05) is 6.54 Å². The monoisotopic (exact) mass is 373 g/mol. The first-order valence-electron chi connectivity index (χ1n) is 5.41. The topological polar surface area (TPSA) is 60.9 Å². The van der Waals surface area contributed by atoms with E-state index in [9.17, 15) is 5.11 Å². The molecule has 0 spiro atoms. The van der Waals surface area contributed by atoms with Crippen molar-refractivity contribution in [2.45, 2.75) is 20.4 Å². The summed E-state index contributed by atoms with van der Waals surface area (Å²) in [5.41, 5.74) is 4.05. The zero-order valence-corrected chi connectivity index (χ0v) is 13.2. The second kappa shape index (κ2) is 5.32. The minimum Gasteiger partial charge on any atom is -0.506 e. The zero-order chi connectivity index (χ0) is 13.3. The lowest BCUT2D eigenvalue weighted by atomic mass is 10.2. The van der Waals surface area contributed by atoms with Gasteiger partial charge in [-0.1, -0.05) is 0 Å². The molecule has 0 saturated heterocycles. The van der Waals surface area contributed by atoms with Crippen molar-refractivity contribution in [1.82, 2.24) is 10.2 Å². The maximum Gasteiger partial charge on any atom is 0.143 e. The van der Waals surface area contributed by atoms with Gasteiger partial charge in [0.05, 0.1) is 26.0 Å². The fourth-order valence-corrected chi connectivity index (χ4v) is 3.00. The Kier molecular flexibility index (Phi) is 3.97. The predicted molar refractivity (Wildman–Crippen MR) is 78.9 cm³/mol. The lowest BCUT2D eigenvalue weighted by Gasteiger charge is -2.09. The summed E-state index contributed by atoms with van der Waals surface area (Å²) in [4.78, 5) is 0. The molecule has 96 valence electrons. The van der Waals surface area contributed by atoms with Crippen LogP contribution >= 0.6 is 31.9 Å². The number of aromatic hydroxyl groups is 1. The summed E-state index contributed by atoms with van der Waals surface area (Å²) in [5.74, 6) is 0.217. The molecule has 0 amide bonds. The van der Waals surface area contributed by atoms with Crippen LogP contribution in [0.2, 0.25) is 0 Å². The fraction of sp³-hybridized carbons (Fsp3) is 0.250. The molecular formula is C12H13Br2N3O. The number of hydrogen-bond donors (Lipinski definition) is 3. The zero-order valence-electron chi connectivity index (χ0n) is 10.0. The second-order valence-corrected chi connectivity index (χ2v) is 5.78. The molecule has 18 heavy (non-hydrogen) atoms. The molecule has 0 radical (unpaired) electrons. The molecule has 2 rings (SSSR count). The van der Waals surface area contributed by atoms with E-state index in [-0.39, 0.29) is 5.75 Å². The van der Waals surface area contributed by atoms with Crippen molar-refractivity contribution in [3.05, 3.63) is 38.0 Å². The number of aromatic nitrogens is 2. The molecule has 0 unspecified atom stereocenters. The van der Waals surface area contributed by atoms with Gasteiger partial charge >= 0.3 is 0 Å². The molecule has 1 heterocycles. The van der Waals surface area contributed by atoms with E-state index in [1.807, 2.05) is 26.0 Å². The Bertz CT molecular complexity index is 538. The molecular weight excluding hydrogens is 362 g/mol. The average Bonchev–Trinajstić information content (AvgIpc) is 2.63. The number of benzene rings is 1. The standard InChI is InChI=1S/C12H13Br2N3O/c1-6-11(7(2)17-16-6)15-5-8-3-9(13)12(18)10(14)4-8/h3-4,15,18H,5H2,1-2H3,(H,16,17). The summed E-state index contributed by atoms with van der Waals surface area (Å²) in [6.07, 6.45) is 0. The number of aromatic amines is 1. The minimum atomic E-state index is 0.217. The van der Waals surface area contributed by atoms with Gasteiger partial charge in [0.25, 0.3) is 0 Å². The maximum atomic E-state index is 9.64. The van der Waals surface area contributed by atoms with Crippen molar-refractivity contribution in [1.29, 1.82) is 0 Å². The Morgan fingerprint density at radius 2 is 1.89 bits per heavy atom. The van der Waals surface area contributed by atoms with Gasteiger partial charge < -0.3 is 10.4 Å². The number of nitrogens with one attached hydrogen (secondary N) is 2. The molecule has 0 bridgehead atoms. The number of aryl methyl sites for hydroxylation is 2. The van der Waals surface area contributed by atoms with Crippen LogP contribution in [0.1, 0.15) is 17.0 Å². The molecule has 0 aliphatic carbocycles. The summed E-state index contributed by atoms with van der Waals surface area (Å²) >= 11 is 6.64. The summed E-state index contributed by atoms with van der Waals surface area (Å²) < 4.78 is 1.35. The van der Waals surface area contributed by atoms with E-state index < -0.39 is 0 Å². The summed E-state index contributed by atoms with van der Waals surface area (Å²) in [6.45, 7) is 4.60. The highest BCUT2D eigenvalue weighted by Gasteiger charge is 2.08. The van der Waals surface area contributed by atoms with E-state index in [1.54, 1.807) is 0 Å². The minimum absolute atomic E-state index is 0.217. The number of phenols is 1. The van der Waals surface area contributed by atoms with Crippen LogP contribution in [0, 0.1) is 13.8 Å². The third-order valence-corrected chi connectivity index (χ3v) is 3.88. The number of anilines is 1. The van der Waals surface area contributed by atoms with Gasteiger partial charge in [-0.3, -0.25) is 5.10 Å². The normalized spacial score (nSPS) is 10.7. The van der Waals surface area contributed by atoms with Crippen molar-refractivity contribution < 1.29 is 5.11 Å². The van der Waals surface area contributed by atoms with Crippen LogP contribution in [0.3, 0.4) is 0 Å². The molecule has 3 N–H and O–H groups in total. The van der Waals surface area contributed by atoms with E-state index in [2.05, 4.69) is 47.4 Å². The Balaban J connectivity index is 2.16. The number of H-pyrrole nitrogens is 1. The first kappa shape index (κ1) is 13.4. The van der Waals surface area contributed by atoms with Crippen molar-refractivity contribution >= 4 is 37.5 Å². The Labute approximate surface area is 122 Å². The van der Waals surface area contributed by atoms with Crippen molar-refractivity contribution in [2.75, 3.05) is 5.32 Å². The Morgan fingerprint density at radius 1 is 1.28 bits per heavy atom. The average molecular weight is 375 g/mol. The van der Waals surface area contributed by atoms with E-state index in [0.717, 1.165) is 22.6 Å². The first-order chi connectivity index (χ1) is 8.49. The largest absolute Gasteiger partial charge is 0.506 e. The van der Waals surface area contributed by atoms with Crippen LogP contribution in [0.25, 0.3) is 0 Å². The molecule has 0 aliphatic rings. The number of nitrogens with zero attached hydrogens (tertiary/aromatic N) is 1. The van der Waals surface area contributed by atoms with Crippen molar-refractivity contribution in [2.24, 2.45) is 0 Å². The van der Waals surface area contributed by atoms with E-state index >= 15 is 0 Å². The molecule has 0 saturated carbocycles. The lowest BCUT2D eigenvalue weighted by molar-refractivity contribution is 0.468. The third kappa shape index (κ3) is 2.70. The SMILES string of the molecule is Cc1n[nH]c(C)c1NCc1cc(Br)c(O)c(Br)c1. The number of rotatable bonds is 3. The number of hydrogen-bond acceptors (Lipinski definition) is 3. The number of phenolic OH excluding ortho intramolecular Hbond substituents is 1. The first-order valence-corrected chi connectivity index (χ1v) is 7.00. The van der Waals surface area contributed by atoms with E-state index in [4.69, 9.17) is 0 Å². The van der Waals surface area contributed by atoms with Gasteiger partial charge in [-0.05, 0) is 63.4 Å². The molecule has 2 aromatic rings. The molecule has 0 atom stereocenters. The quantitative estimate of drug-likeness (QED) is 0.764. The van der Waals surface area contributed by atoms with Crippen LogP contribution in [0.5, 0.6) is 5.75 Å². The van der Waals surface area contributed by atoms with Crippen LogP contribution < -0.4 is 5.32 Å². The van der Waals surface area contributed by atoms with Crippen LogP contribution in [-0.4, -0.2) is 15.3 Å². The van der Waals surface area contributed by atoms with Crippen LogP contribution in [0.15, 0.2) is 21.1 Å². The fourth-order valence-electron chi connectivity index (χ4n) is 1.72. The van der Waals surface area contributed by atoms with Gasteiger partial charge in [0.2, 0.25) is 0 Å². The predicted octanol–water partition coefficient (Wildman–Crippen LogP) is 3.87. The molecule has 1 aromatic heterocycles. The van der Waals surface area contributed by atoms with Crippen molar-refractivity contribution in [3.8, 4) is 5.75 Å².